The van der Waals surface area contributed by atoms with Crippen molar-refractivity contribution in [1.82, 2.24) is 9.62 Å². The number of carbonyl (C=O) groups is 1. The summed E-state index contributed by atoms with van der Waals surface area (Å²) < 4.78 is 26.6. The van der Waals surface area contributed by atoms with E-state index in [2.05, 4.69) is 10.6 Å². The molecule has 0 aliphatic rings. The van der Waals surface area contributed by atoms with Gasteiger partial charge in [0.25, 0.3) is 0 Å². The Morgan fingerprint density at radius 3 is 2.32 bits per heavy atom. The first-order chi connectivity index (χ1) is 9.86. The smallest absolute Gasteiger partial charge is 0.243 e. The van der Waals surface area contributed by atoms with Crippen molar-refractivity contribution in [3.05, 3.63) is 23.8 Å². The van der Waals surface area contributed by atoms with Crippen LogP contribution in [0.4, 0.5) is 5.69 Å². The second kappa shape index (κ2) is 9.09. The summed E-state index contributed by atoms with van der Waals surface area (Å²) in [5, 5.41) is 5.42. The van der Waals surface area contributed by atoms with Crippen LogP contribution in [0.15, 0.2) is 23.1 Å². The van der Waals surface area contributed by atoms with Crippen molar-refractivity contribution in [3.8, 4) is 0 Å². The standard InChI is InChI=1S/C14H23N3O3S.ClH/c1-5-17(6-2)21(19,20)13-9-12(8-7-11(13)3)16-14(18)10-15-4;/h7-9,15H,5-6,10H2,1-4H3,(H,16,18);1H. The highest BCUT2D eigenvalue weighted by Crippen LogP contribution is 2.23. The van der Waals surface area contributed by atoms with Crippen molar-refractivity contribution in [2.75, 3.05) is 32.0 Å². The summed E-state index contributed by atoms with van der Waals surface area (Å²) in [4.78, 5) is 11.8. The molecule has 0 saturated heterocycles. The van der Waals surface area contributed by atoms with Crippen LogP contribution in [-0.2, 0) is 14.8 Å². The van der Waals surface area contributed by atoms with Crippen LogP contribution in [0, 0.1) is 6.92 Å². The second-order valence-electron chi connectivity index (χ2n) is 4.65. The van der Waals surface area contributed by atoms with E-state index in [1.807, 2.05) is 0 Å². The maximum absolute atomic E-state index is 12.6. The molecule has 0 atom stereocenters. The van der Waals surface area contributed by atoms with E-state index in [0.717, 1.165) is 0 Å². The van der Waals surface area contributed by atoms with Gasteiger partial charge in [0.05, 0.1) is 11.4 Å². The topological polar surface area (TPSA) is 78.5 Å². The number of nitrogens with zero attached hydrogens (tertiary/aromatic N) is 1. The molecule has 0 saturated carbocycles. The van der Waals surface area contributed by atoms with Gasteiger partial charge in [0.2, 0.25) is 15.9 Å². The number of likely N-dealkylation sites (N-methyl/N-ethyl adjacent to an activating group) is 1. The first kappa shape index (κ1) is 20.9. The monoisotopic (exact) mass is 349 g/mol. The van der Waals surface area contributed by atoms with Gasteiger partial charge in [0.1, 0.15) is 0 Å². The fraction of sp³-hybridized carbons (Fsp3) is 0.500. The fourth-order valence-corrected chi connectivity index (χ4v) is 3.73. The molecule has 1 aromatic carbocycles. The van der Waals surface area contributed by atoms with Crippen LogP contribution in [0.25, 0.3) is 0 Å². The number of sulfonamides is 1. The minimum absolute atomic E-state index is 0. The highest BCUT2D eigenvalue weighted by atomic mass is 35.5. The Balaban J connectivity index is 0.00000441. The van der Waals surface area contributed by atoms with E-state index in [1.165, 1.54) is 10.4 Å². The number of rotatable bonds is 7. The van der Waals surface area contributed by atoms with Crippen molar-refractivity contribution in [2.24, 2.45) is 0 Å². The van der Waals surface area contributed by atoms with Gasteiger partial charge in [-0.15, -0.1) is 12.4 Å². The van der Waals surface area contributed by atoms with E-state index >= 15 is 0 Å². The Labute approximate surface area is 138 Å². The number of amides is 1. The molecule has 0 heterocycles. The third-order valence-corrected chi connectivity index (χ3v) is 5.32. The lowest BCUT2D eigenvalue weighted by Gasteiger charge is -2.20. The van der Waals surface area contributed by atoms with Gasteiger partial charge < -0.3 is 10.6 Å². The lowest BCUT2D eigenvalue weighted by molar-refractivity contribution is -0.115. The number of carbonyl (C=O) groups excluding carboxylic acids is 1. The molecule has 6 nitrogen and oxygen atoms in total. The molecule has 0 aliphatic heterocycles. The third-order valence-electron chi connectivity index (χ3n) is 3.13. The largest absolute Gasteiger partial charge is 0.325 e. The van der Waals surface area contributed by atoms with Crippen LogP contribution < -0.4 is 10.6 Å². The molecule has 0 spiro atoms. The summed E-state index contributed by atoms with van der Waals surface area (Å²) in [6, 6.07) is 4.91. The van der Waals surface area contributed by atoms with Crippen molar-refractivity contribution in [2.45, 2.75) is 25.7 Å². The predicted molar refractivity (Wildman–Crippen MR) is 91.1 cm³/mol. The average molecular weight is 350 g/mol. The third kappa shape index (κ3) is 4.95. The van der Waals surface area contributed by atoms with Gasteiger partial charge in [-0.3, -0.25) is 4.79 Å². The highest BCUT2D eigenvalue weighted by molar-refractivity contribution is 7.89. The molecule has 0 aliphatic carbocycles. The van der Waals surface area contributed by atoms with E-state index in [0.29, 0.717) is 24.3 Å². The molecular weight excluding hydrogens is 326 g/mol. The van der Waals surface area contributed by atoms with Crippen LogP contribution in [0.5, 0.6) is 0 Å². The Morgan fingerprint density at radius 2 is 1.82 bits per heavy atom. The molecular formula is C14H24ClN3O3S. The van der Waals surface area contributed by atoms with Gasteiger partial charge in [-0.1, -0.05) is 19.9 Å². The number of aryl methyl sites for hydroxylation is 1. The summed E-state index contributed by atoms with van der Waals surface area (Å²) >= 11 is 0. The van der Waals surface area contributed by atoms with Crippen LogP contribution >= 0.6 is 12.4 Å². The fourth-order valence-electron chi connectivity index (χ4n) is 2.02. The maximum atomic E-state index is 12.6. The maximum Gasteiger partial charge on any atom is 0.243 e. The Morgan fingerprint density at radius 1 is 1.23 bits per heavy atom. The normalized spacial score (nSPS) is 11.1. The summed E-state index contributed by atoms with van der Waals surface area (Å²) in [5.41, 5.74) is 1.14. The first-order valence-electron chi connectivity index (χ1n) is 6.92. The zero-order valence-electron chi connectivity index (χ0n) is 13.3. The van der Waals surface area contributed by atoms with Crippen molar-refractivity contribution in [1.29, 1.82) is 0 Å². The number of hydrogen-bond donors (Lipinski definition) is 2. The van der Waals surface area contributed by atoms with E-state index in [1.54, 1.807) is 40.0 Å². The number of benzene rings is 1. The number of halogens is 1. The minimum atomic E-state index is -3.54. The zero-order chi connectivity index (χ0) is 16.0. The molecule has 0 unspecified atom stereocenters. The highest BCUT2D eigenvalue weighted by Gasteiger charge is 2.23. The lowest BCUT2D eigenvalue weighted by Crippen LogP contribution is -2.31. The summed E-state index contributed by atoms with van der Waals surface area (Å²) in [6.45, 7) is 6.34. The van der Waals surface area contributed by atoms with Crippen molar-refractivity contribution < 1.29 is 13.2 Å². The molecule has 1 aromatic rings. The quantitative estimate of drug-likeness (QED) is 0.783. The van der Waals surface area contributed by atoms with Crippen LogP contribution in [0.2, 0.25) is 0 Å². The van der Waals surface area contributed by atoms with E-state index in [9.17, 15) is 13.2 Å². The molecule has 2 N–H and O–H groups in total. The zero-order valence-corrected chi connectivity index (χ0v) is 15.0. The van der Waals surface area contributed by atoms with Gasteiger partial charge in [0, 0.05) is 18.8 Å². The predicted octanol–water partition coefficient (Wildman–Crippen LogP) is 1.61. The summed E-state index contributed by atoms with van der Waals surface area (Å²) in [6.07, 6.45) is 0. The van der Waals surface area contributed by atoms with E-state index in [-0.39, 0.29) is 29.8 Å². The minimum Gasteiger partial charge on any atom is -0.325 e. The van der Waals surface area contributed by atoms with Crippen molar-refractivity contribution >= 4 is 34.0 Å². The average Bonchev–Trinajstić information content (AvgIpc) is 2.42. The Hall–Kier alpha value is -1.15. The first-order valence-corrected chi connectivity index (χ1v) is 8.36. The van der Waals surface area contributed by atoms with Crippen LogP contribution in [0.3, 0.4) is 0 Å². The molecule has 126 valence electrons. The molecule has 0 aromatic heterocycles. The second-order valence-corrected chi connectivity index (χ2v) is 6.55. The van der Waals surface area contributed by atoms with Crippen LogP contribution in [0.1, 0.15) is 19.4 Å². The molecule has 0 radical (unpaired) electrons. The van der Waals surface area contributed by atoms with E-state index in [4.69, 9.17) is 0 Å². The van der Waals surface area contributed by atoms with Gasteiger partial charge in [0.15, 0.2) is 0 Å². The molecule has 8 heteroatoms. The van der Waals surface area contributed by atoms with Crippen LogP contribution in [-0.4, -0.2) is 45.3 Å². The molecule has 0 fully saturated rings. The summed E-state index contributed by atoms with van der Waals surface area (Å²) in [5.74, 6) is -0.215. The number of anilines is 1. The van der Waals surface area contributed by atoms with Crippen molar-refractivity contribution in [3.63, 3.8) is 0 Å². The van der Waals surface area contributed by atoms with Gasteiger partial charge in [-0.05, 0) is 31.7 Å². The SMILES string of the molecule is CCN(CC)S(=O)(=O)c1cc(NC(=O)CNC)ccc1C.Cl. The van der Waals surface area contributed by atoms with E-state index < -0.39 is 10.0 Å². The molecule has 22 heavy (non-hydrogen) atoms. The lowest BCUT2D eigenvalue weighted by atomic mass is 10.2. The number of hydrogen-bond acceptors (Lipinski definition) is 4. The Bertz CT molecular complexity index is 601. The summed E-state index contributed by atoms with van der Waals surface area (Å²) in [7, 11) is -1.86. The van der Waals surface area contributed by atoms with Gasteiger partial charge in [-0.25, -0.2) is 8.42 Å². The van der Waals surface area contributed by atoms with Gasteiger partial charge in [-0.2, -0.15) is 4.31 Å². The molecule has 1 amide bonds. The number of nitrogens with one attached hydrogen (secondary N) is 2. The Kier molecular flexibility index (Phi) is 8.62. The molecule has 0 bridgehead atoms. The van der Waals surface area contributed by atoms with Gasteiger partial charge >= 0.3 is 0 Å². The molecule has 1 rings (SSSR count).